The Morgan fingerprint density at radius 3 is 1.45 bits per heavy atom. The van der Waals surface area contributed by atoms with Crippen LogP contribution in [0.4, 0.5) is 5.95 Å². The van der Waals surface area contributed by atoms with Gasteiger partial charge in [-0.15, -0.1) is 0 Å². The maximum absolute atomic E-state index is 13.7. The zero-order valence-corrected chi connectivity index (χ0v) is 66.9. The largest absolute Gasteiger partial charge is 0.497 e. The number of fused-ring (bicyclic) bond motifs is 1. The minimum Gasteiger partial charge on any atom is -0.497 e. The molecule has 0 saturated carbocycles. The van der Waals surface area contributed by atoms with Crippen LogP contribution < -0.4 is 56.9 Å². The van der Waals surface area contributed by atoms with Gasteiger partial charge in [-0.3, -0.25) is 42.8 Å². The van der Waals surface area contributed by atoms with Crippen LogP contribution in [0.1, 0.15) is 116 Å². The number of hydrogen-bond donors (Lipinski definition) is 8. The Morgan fingerprint density at radius 1 is 0.509 bits per heavy atom. The molecule has 1 fully saturated rings. The molecule has 1 saturated heterocycles. The lowest BCUT2D eigenvalue weighted by molar-refractivity contribution is -0.122. The van der Waals surface area contributed by atoms with Gasteiger partial charge in [0.05, 0.1) is 44.7 Å². The number of pyridine rings is 3. The molecule has 30 heteroatoms. The summed E-state index contributed by atoms with van der Waals surface area (Å²) in [7, 11) is -7.08. The number of benzene rings is 5. The minimum atomic E-state index is -3.96. The van der Waals surface area contributed by atoms with Gasteiger partial charge in [-0.2, -0.15) is 9.97 Å². The Kier molecular flexibility index (Phi) is 28.9. The molecule has 10 aromatic rings. The minimum absolute atomic E-state index is 0.000394. The molecular weight excluding hydrogens is 1510 g/mol. The number of aromatic amines is 1. The average Bonchev–Trinajstić information content (AvgIpc) is 1.26. The number of carbonyl (C=O) groups excluding carboxylic acids is 3. The fourth-order valence-electron chi connectivity index (χ4n) is 12.5. The Balaban J connectivity index is 0.774. The fraction of sp³-hybridized carbons (Fsp3) is 0.298. The number of ether oxygens (including phenoxy) is 4. The zero-order chi connectivity index (χ0) is 80.8. The van der Waals surface area contributed by atoms with Crippen molar-refractivity contribution in [3.63, 3.8) is 0 Å². The third-order valence-electron chi connectivity index (χ3n) is 18.7. The molecule has 590 valence electrons. The Morgan fingerprint density at radius 2 is 0.947 bits per heavy atom. The van der Waals surface area contributed by atoms with E-state index in [-0.39, 0.29) is 97.5 Å². The maximum atomic E-state index is 13.7. The molecular formula is C84H91N14O13P3. The van der Waals surface area contributed by atoms with Crippen LogP contribution in [0.25, 0.3) is 11.2 Å². The molecule has 11 rings (SSSR count). The van der Waals surface area contributed by atoms with Crippen LogP contribution in [-0.4, -0.2) is 169 Å². The number of imidazole rings is 1. The van der Waals surface area contributed by atoms with E-state index in [4.69, 9.17) is 39.6 Å². The van der Waals surface area contributed by atoms with Crippen LogP contribution in [0.5, 0.6) is 23.1 Å². The van der Waals surface area contributed by atoms with Crippen molar-refractivity contribution in [2.45, 2.75) is 83.9 Å². The zero-order valence-electron chi connectivity index (χ0n) is 64.3. The Bertz CT molecular complexity index is 5390. The molecule has 0 aliphatic carbocycles. The van der Waals surface area contributed by atoms with Crippen molar-refractivity contribution in [1.82, 2.24) is 65.5 Å². The number of H-pyrrole nitrogens is 1. The van der Waals surface area contributed by atoms with Gasteiger partial charge in [0.15, 0.2) is 11.2 Å². The third kappa shape index (κ3) is 25.3. The topological polar surface area (TPSA) is 365 Å². The van der Waals surface area contributed by atoms with E-state index in [0.29, 0.717) is 156 Å². The summed E-state index contributed by atoms with van der Waals surface area (Å²) < 4.78 is 62.7. The SMILES string of the molecule is COc1ccc(C#Cc2cc(CN3CCN(Cc4cc(C#Cc5ccc(OC)cc5)cc(P(C)(=O)O)n4)C[C@H](CCCCNC(=O)CCCC(=O)NCc4ccc(C(=O)NCc5ccc(COc6nc(N)nc7[nH]cnc67)cc5)cc4)N(Cc4cc(C#Cc5ccc(OC)cc5)cc(P(C)(=O)O)n4)CC3)nc(P(C)(=O)O)c2)cc1. The second-order valence-corrected chi connectivity index (χ2v) is 34.4. The van der Waals surface area contributed by atoms with Crippen LogP contribution in [0.3, 0.4) is 0 Å². The number of unbranched alkanes of at least 4 members (excludes halogenated alkanes) is 1. The summed E-state index contributed by atoms with van der Waals surface area (Å²) in [5.74, 6) is 20.7. The van der Waals surface area contributed by atoms with Crippen LogP contribution in [0.15, 0.2) is 164 Å². The second kappa shape index (κ2) is 39.4. The van der Waals surface area contributed by atoms with E-state index < -0.39 is 22.1 Å². The third-order valence-corrected chi connectivity index (χ3v) is 21.9. The first-order valence-corrected chi connectivity index (χ1v) is 43.3. The molecule has 3 amide bonds. The molecule has 6 heterocycles. The highest BCUT2D eigenvalue weighted by Crippen LogP contribution is 2.36. The van der Waals surface area contributed by atoms with Gasteiger partial charge in [-0.05, 0) is 157 Å². The summed E-state index contributed by atoms with van der Waals surface area (Å²) >= 11 is 0. The number of nitrogens with two attached hydrogens (primary N) is 1. The molecule has 9 N–H and O–H groups in total. The van der Waals surface area contributed by atoms with Crippen molar-refractivity contribution >= 4 is 73.2 Å². The van der Waals surface area contributed by atoms with Crippen molar-refractivity contribution in [3.05, 3.63) is 237 Å². The van der Waals surface area contributed by atoms with Gasteiger partial charge in [0.25, 0.3) is 5.91 Å². The normalized spacial score (nSPS) is 14.9. The maximum Gasteiger partial charge on any atom is 0.251 e. The summed E-state index contributed by atoms with van der Waals surface area (Å²) in [5.41, 5.74) is 14.8. The van der Waals surface area contributed by atoms with Gasteiger partial charge in [0.1, 0.15) is 40.2 Å². The van der Waals surface area contributed by atoms with Crippen LogP contribution >= 0.6 is 22.1 Å². The van der Waals surface area contributed by atoms with E-state index in [9.17, 15) is 42.8 Å². The highest BCUT2D eigenvalue weighted by molar-refractivity contribution is 7.65. The molecule has 5 aromatic heterocycles. The van der Waals surface area contributed by atoms with Crippen LogP contribution in [-0.2, 0) is 62.6 Å². The summed E-state index contributed by atoms with van der Waals surface area (Å²) in [6.07, 6.45) is 3.83. The van der Waals surface area contributed by atoms with E-state index in [1.54, 1.807) is 82.0 Å². The number of amides is 3. The predicted molar refractivity (Wildman–Crippen MR) is 438 cm³/mol. The first-order chi connectivity index (χ1) is 54.7. The molecule has 0 spiro atoms. The average molecular weight is 1600 g/mol. The molecule has 0 bridgehead atoms. The molecule has 1 aliphatic heterocycles. The first kappa shape index (κ1) is 83.6. The van der Waals surface area contributed by atoms with Crippen LogP contribution in [0, 0.1) is 35.5 Å². The van der Waals surface area contributed by atoms with Crippen molar-refractivity contribution in [2.24, 2.45) is 0 Å². The van der Waals surface area contributed by atoms with Gasteiger partial charge in [0, 0.05) is 150 Å². The number of nitrogens with one attached hydrogen (secondary N) is 4. The monoisotopic (exact) mass is 1600 g/mol. The van der Waals surface area contributed by atoms with Crippen molar-refractivity contribution in [2.75, 3.05) is 86.3 Å². The second-order valence-electron chi connectivity index (χ2n) is 27.8. The van der Waals surface area contributed by atoms with Crippen molar-refractivity contribution in [1.29, 1.82) is 0 Å². The Hall–Kier alpha value is -11.4. The first-order valence-electron chi connectivity index (χ1n) is 37.0. The smallest absolute Gasteiger partial charge is 0.251 e. The fourth-order valence-corrected chi connectivity index (χ4v) is 14.6. The van der Waals surface area contributed by atoms with Gasteiger partial charge in [0.2, 0.25) is 45.7 Å². The molecule has 5 aromatic carbocycles. The van der Waals surface area contributed by atoms with Crippen molar-refractivity contribution in [3.8, 4) is 58.7 Å². The van der Waals surface area contributed by atoms with Crippen molar-refractivity contribution < 1.29 is 61.7 Å². The molecule has 1 aliphatic rings. The van der Waals surface area contributed by atoms with Gasteiger partial charge in [-0.1, -0.05) is 78.3 Å². The number of nitrogens with zero attached hydrogens (tertiary/aromatic N) is 9. The number of carbonyl (C=O) groups is 3. The number of methoxy groups -OCH3 is 3. The summed E-state index contributed by atoms with van der Waals surface area (Å²) in [6.45, 7) is 7.59. The molecule has 27 nitrogen and oxygen atoms in total. The number of rotatable bonds is 29. The Labute approximate surface area is 662 Å². The van der Waals surface area contributed by atoms with E-state index in [0.717, 1.165) is 16.7 Å². The number of hydrogen-bond acceptors (Lipinski definition) is 20. The van der Waals surface area contributed by atoms with Crippen LogP contribution in [0.2, 0.25) is 0 Å². The lowest BCUT2D eigenvalue weighted by Crippen LogP contribution is -2.45. The van der Waals surface area contributed by atoms with Gasteiger partial charge >= 0.3 is 0 Å². The summed E-state index contributed by atoms with van der Waals surface area (Å²) in [5, 5.41) is 8.91. The number of aromatic nitrogens is 7. The van der Waals surface area contributed by atoms with E-state index >= 15 is 0 Å². The highest BCUT2D eigenvalue weighted by Gasteiger charge is 2.29. The number of nitrogen functional groups attached to an aromatic ring is 1. The standard InChI is InChI=1S/C84H91N14O13P3/c1-108-72-33-25-58(26-34-72)13-20-64-44-68(91-77(47-64)112(4,102)103)52-96-40-41-97(53-69-45-65(48-78(92-69)113(5,104)105)21-14-59-27-35-73(109-2)36-28-59)55-71(98(43-42-96)54-70-46-66(49-79(93-70)114(6,106)107)22-15-60-29-37-74(110-3)38-30-60)10-7-8-39-86-75(99)11-9-12-76(100)87-50-62-23-31-67(32-24-62)82(101)88-51-61-16-18-63(19-17-61)56-111-83-80-81(90-57-89-80)94-84(85)95-83/h16-19,23-38,44-49,57,71H,7-12,39-43,50-56H2,1-6H3,(H,86,99)(H,87,100)(H,88,101)(H,102,103)(H,104,105)(H,106,107)(H3,85,89,90,94,95)/t71-/m0/s1. The van der Waals surface area contributed by atoms with E-state index in [1.807, 2.05) is 78.9 Å². The molecule has 4 atom stereocenters. The molecule has 3 unspecified atom stereocenters. The number of anilines is 1. The highest BCUT2D eigenvalue weighted by atomic mass is 31.2. The quantitative estimate of drug-likeness (QED) is 0.0124. The molecule has 0 radical (unpaired) electrons. The van der Waals surface area contributed by atoms with E-state index in [2.05, 4.69) is 86.1 Å². The predicted octanol–water partition coefficient (Wildman–Crippen LogP) is 8.39. The summed E-state index contributed by atoms with van der Waals surface area (Å²) in [4.78, 5) is 110. The molecule has 114 heavy (non-hydrogen) atoms. The van der Waals surface area contributed by atoms with E-state index in [1.165, 1.54) is 44.5 Å². The van der Waals surface area contributed by atoms with Gasteiger partial charge in [-0.25, -0.2) is 19.9 Å². The lowest BCUT2D eigenvalue weighted by Gasteiger charge is -2.35. The summed E-state index contributed by atoms with van der Waals surface area (Å²) in [6, 6.07) is 46.1. The van der Waals surface area contributed by atoms with Gasteiger partial charge < -0.3 is 60.3 Å². The lowest BCUT2D eigenvalue weighted by atomic mass is 10.1.